The summed E-state index contributed by atoms with van der Waals surface area (Å²) in [5, 5.41) is 4.98. The van der Waals surface area contributed by atoms with Gasteiger partial charge in [0.2, 0.25) is 15.9 Å². The molecule has 0 aliphatic rings. The van der Waals surface area contributed by atoms with Crippen molar-refractivity contribution in [2.24, 2.45) is 5.73 Å². The number of nitrogens with one attached hydrogen (secondary N) is 3. The fourth-order valence-electron chi connectivity index (χ4n) is 2.14. The standard InChI is InChI=1S/C16H26N4O4S/c1-3-4-5-14(20-16(17)22)15(21)18-10-11-19-25(23,24)13-8-6-12(2)7-9-13/h6-9,14,19H,3-5,10-11H2,1-2H3,(H,18,21)(H3,17,20,22)/t14-/m0/s1. The number of unbranched alkanes of at least 4 members (excludes halogenated alkanes) is 1. The van der Waals surface area contributed by atoms with Crippen LogP contribution in [0.1, 0.15) is 31.7 Å². The van der Waals surface area contributed by atoms with Crippen LogP contribution in [0.2, 0.25) is 0 Å². The highest BCUT2D eigenvalue weighted by molar-refractivity contribution is 7.89. The number of rotatable bonds is 10. The van der Waals surface area contributed by atoms with Crippen LogP contribution in [-0.2, 0) is 14.8 Å². The number of carbonyl (C=O) groups excluding carboxylic acids is 2. The Labute approximate surface area is 148 Å². The first-order valence-electron chi connectivity index (χ1n) is 8.16. The van der Waals surface area contributed by atoms with Crippen molar-refractivity contribution in [3.05, 3.63) is 29.8 Å². The quantitative estimate of drug-likeness (QED) is 0.450. The van der Waals surface area contributed by atoms with Crippen LogP contribution in [0.15, 0.2) is 29.2 Å². The van der Waals surface area contributed by atoms with Gasteiger partial charge >= 0.3 is 6.03 Å². The lowest BCUT2D eigenvalue weighted by molar-refractivity contribution is -0.123. The highest BCUT2D eigenvalue weighted by Crippen LogP contribution is 2.09. The predicted octanol–water partition coefficient (Wildman–Crippen LogP) is 0.617. The SMILES string of the molecule is CCCC[C@H](NC(N)=O)C(=O)NCCNS(=O)(=O)c1ccc(C)cc1. The lowest BCUT2D eigenvalue weighted by atomic mass is 10.1. The van der Waals surface area contributed by atoms with E-state index in [1.807, 2.05) is 13.8 Å². The molecule has 8 nitrogen and oxygen atoms in total. The number of nitrogens with two attached hydrogens (primary N) is 1. The molecule has 0 bridgehead atoms. The molecule has 0 radical (unpaired) electrons. The number of hydrogen-bond donors (Lipinski definition) is 4. The summed E-state index contributed by atoms with van der Waals surface area (Å²) in [7, 11) is -3.62. The van der Waals surface area contributed by atoms with Gasteiger partial charge in [0.25, 0.3) is 0 Å². The summed E-state index contributed by atoms with van der Waals surface area (Å²) < 4.78 is 26.6. The molecule has 0 heterocycles. The molecule has 5 N–H and O–H groups in total. The molecule has 0 aromatic heterocycles. The molecular formula is C16H26N4O4S. The molecule has 1 aromatic rings. The Bertz CT molecular complexity index is 674. The van der Waals surface area contributed by atoms with E-state index in [2.05, 4.69) is 15.4 Å². The van der Waals surface area contributed by atoms with E-state index in [1.165, 1.54) is 12.1 Å². The van der Waals surface area contributed by atoms with Crippen LogP contribution >= 0.6 is 0 Å². The molecule has 1 atom stereocenters. The third-order valence-electron chi connectivity index (χ3n) is 3.53. The summed E-state index contributed by atoms with van der Waals surface area (Å²) in [4.78, 5) is 23.2. The number of hydrogen-bond acceptors (Lipinski definition) is 4. The summed E-state index contributed by atoms with van der Waals surface area (Å²) >= 11 is 0. The van der Waals surface area contributed by atoms with E-state index in [4.69, 9.17) is 5.73 Å². The Morgan fingerprint density at radius 1 is 1.16 bits per heavy atom. The molecular weight excluding hydrogens is 344 g/mol. The fraction of sp³-hybridized carbons (Fsp3) is 0.500. The number of amides is 3. The van der Waals surface area contributed by atoms with Crippen molar-refractivity contribution >= 4 is 22.0 Å². The van der Waals surface area contributed by atoms with Gasteiger partial charge in [-0.25, -0.2) is 17.9 Å². The number of urea groups is 1. The van der Waals surface area contributed by atoms with Crippen molar-refractivity contribution in [3.8, 4) is 0 Å². The van der Waals surface area contributed by atoms with Crippen LogP contribution in [0, 0.1) is 6.92 Å². The van der Waals surface area contributed by atoms with E-state index in [0.717, 1.165) is 18.4 Å². The molecule has 0 unspecified atom stereocenters. The van der Waals surface area contributed by atoms with Crippen LogP contribution in [0.3, 0.4) is 0 Å². The summed E-state index contributed by atoms with van der Waals surface area (Å²) in [5.41, 5.74) is 6.03. The summed E-state index contributed by atoms with van der Waals surface area (Å²) in [5.74, 6) is -0.387. The zero-order chi connectivity index (χ0) is 18.9. The first-order valence-corrected chi connectivity index (χ1v) is 9.64. The maximum Gasteiger partial charge on any atom is 0.312 e. The van der Waals surface area contributed by atoms with Gasteiger partial charge in [-0.05, 0) is 25.5 Å². The highest BCUT2D eigenvalue weighted by Gasteiger charge is 2.19. The van der Waals surface area contributed by atoms with Gasteiger partial charge in [0.1, 0.15) is 6.04 Å². The van der Waals surface area contributed by atoms with Crippen LogP contribution in [-0.4, -0.2) is 39.5 Å². The van der Waals surface area contributed by atoms with E-state index in [0.29, 0.717) is 6.42 Å². The van der Waals surface area contributed by atoms with Crippen molar-refractivity contribution in [3.63, 3.8) is 0 Å². The minimum Gasteiger partial charge on any atom is -0.353 e. The molecule has 0 spiro atoms. The molecule has 1 aromatic carbocycles. The molecule has 9 heteroatoms. The van der Waals surface area contributed by atoms with Crippen LogP contribution in [0.4, 0.5) is 4.79 Å². The summed E-state index contributed by atoms with van der Waals surface area (Å²) in [6, 6.07) is 4.98. The Morgan fingerprint density at radius 2 is 1.80 bits per heavy atom. The lowest BCUT2D eigenvalue weighted by Gasteiger charge is -2.17. The van der Waals surface area contributed by atoms with Crippen LogP contribution in [0.5, 0.6) is 0 Å². The van der Waals surface area contributed by atoms with Gasteiger partial charge in [-0.15, -0.1) is 0 Å². The van der Waals surface area contributed by atoms with Crippen molar-refractivity contribution in [1.82, 2.24) is 15.4 Å². The molecule has 1 rings (SSSR count). The number of primary amides is 1. The Kier molecular flexibility index (Phi) is 8.36. The first kappa shape index (κ1) is 20.9. The third-order valence-corrected chi connectivity index (χ3v) is 5.00. The van der Waals surface area contributed by atoms with Gasteiger partial charge in [0.05, 0.1) is 4.90 Å². The maximum atomic E-state index is 12.1. The molecule has 0 aliphatic carbocycles. The third kappa shape index (κ3) is 7.53. The van der Waals surface area contributed by atoms with E-state index < -0.39 is 22.1 Å². The zero-order valence-corrected chi connectivity index (χ0v) is 15.4. The van der Waals surface area contributed by atoms with Gasteiger partial charge < -0.3 is 16.4 Å². The van der Waals surface area contributed by atoms with E-state index >= 15 is 0 Å². The molecule has 0 fully saturated rings. The second-order valence-electron chi connectivity index (χ2n) is 5.71. The number of benzene rings is 1. The summed E-state index contributed by atoms with van der Waals surface area (Å²) in [6.07, 6.45) is 2.11. The average molecular weight is 370 g/mol. The number of carbonyl (C=O) groups is 2. The minimum absolute atomic E-state index is 0.0407. The van der Waals surface area contributed by atoms with Gasteiger partial charge in [0, 0.05) is 13.1 Å². The van der Waals surface area contributed by atoms with E-state index in [-0.39, 0.29) is 23.9 Å². The zero-order valence-electron chi connectivity index (χ0n) is 14.5. The van der Waals surface area contributed by atoms with Crippen LogP contribution < -0.4 is 21.1 Å². The van der Waals surface area contributed by atoms with E-state index in [9.17, 15) is 18.0 Å². The fourth-order valence-corrected chi connectivity index (χ4v) is 3.18. The topological polar surface area (TPSA) is 130 Å². The maximum absolute atomic E-state index is 12.1. The van der Waals surface area contributed by atoms with Crippen LogP contribution in [0.25, 0.3) is 0 Å². The van der Waals surface area contributed by atoms with Gasteiger partial charge in [0.15, 0.2) is 0 Å². The minimum atomic E-state index is -3.62. The Balaban J connectivity index is 2.48. The van der Waals surface area contributed by atoms with Crippen molar-refractivity contribution in [2.45, 2.75) is 44.0 Å². The average Bonchev–Trinajstić information content (AvgIpc) is 2.55. The van der Waals surface area contributed by atoms with Gasteiger partial charge in [-0.3, -0.25) is 4.79 Å². The van der Waals surface area contributed by atoms with Crippen molar-refractivity contribution in [1.29, 1.82) is 0 Å². The largest absolute Gasteiger partial charge is 0.353 e. The molecule has 3 amide bonds. The van der Waals surface area contributed by atoms with Crippen molar-refractivity contribution < 1.29 is 18.0 Å². The van der Waals surface area contributed by atoms with Gasteiger partial charge in [-0.2, -0.15) is 0 Å². The monoisotopic (exact) mass is 370 g/mol. The number of sulfonamides is 1. The van der Waals surface area contributed by atoms with E-state index in [1.54, 1.807) is 12.1 Å². The molecule has 0 saturated carbocycles. The highest BCUT2D eigenvalue weighted by atomic mass is 32.2. The lowest BCUT2D eigenvalue weighted by Crippen LogP contribution is -2.49. The second-order valence-corrected chi connectivity index (χ2v) is 7.47. The van der Waals surface area contributed by atoms with Crippen molar-refractivity contribution in [2.75, 3.05) is 13.1 Å². The Morgan fingerprint density at radius 3 is 2.36 bits per heavy atom. The predicted molar refractivity (Wildman–Crippen MR) is 95.4 cm³/mol. The Hall–Kier alpha value is -2.13. The molecule has 0 aliphatic heterocycles. The molecule has 140 valence electrons. The normalized spacial score (nSPS) is 12.4. The molecule has 0 saturated heterocycles. The second kappa shape index (κ2) is 10.00. The smallest absolute Gasteiger partial charge is 0.312 e. The summed E-state index contributed by atoms with van der Waals surface area (Å²) in [6.45, 7) is 3.99. The molecule has 25 heavy (non-hydrogen) atoms. The van der Waals surface area contributed by atoms with Gasteiger partial charge in [-0.1, -0.05) is 37.5 Å². The number of aryl methyl sites for hydroxylation is 1. The first-order chi connectivity index (χ1) is 11.8.